The number of hydrogen-bond acceptors (Lipinski definition) is 3. The average molecular weight is 451 g/mol. The Morgan fingerprint density at radius 3 is 2.23 bits per heavy atom. The Morgan fingerprint density at radius 2 is 1.70 bits per heavy atom. The van der Waals surface area contributed by atoms with Crippen LogP contribution in [0.2, 0.25) is 0 Å². The minimum atomic E-state index is -4.89. The first-order valence-electron chi connectivity index (χ1n) is 9.47. The summed E-state index contributed by atoms with van der Waals surface area (Å²) in [6.07, 6.45) is 4.45. The second-order valence-corrected chi connectivity index (χ2v) is 8.97. The number of anilines is 1. The van der Waals surface area contributed by atoms with Gasteiger partial charge < -0.3 is 19.6 Å². The summed E-state index contributed by atoms with van der Waals surface area (Å²) in [6.45, 7) is 5.43. The first-order valence-corrected chi connectivity index (χ1v) is 11.5. The molecule has 1 heterocycles. The van der Waals surface area contributed by atoms with Crippen molar-refractivity contribution in [1.82, 2.24) is 0 Å². The fraction of sp³-hybridized carbons (Fsp3) is 0.318. The molecule has 0 radical (unpaired) electrons. The molecule has 0 spiro atoms. The molecule has 0 aliphatic carbocycles. The van der Waals surface area contributed by atoms with Crippen LogP contribution in [0.15, 0.2) is 54.6 Å². The van der Waals surface area contributed by atoms with E-state index < -0.39 is 7.82 Å². The lowest BCUT2D eigenvalue weighted by Crippen LogP contribution is -2.26. The Morgan fingerprint density at radius 1 is 1.13 bits per heavy atom. The van der Waals surface area contributed by atoms with E-state index in [4.69, 9.17) is 30.8 Å². The zero-order valence-electron chi connectivity index (χ0n) is 17.6. The Labute approximate surface area is 183 Å². The summed E-state index contributed by atoms with van der Waals surface area (Å²) in [5.74, 6) is 0.637. The number of hydrogen-bond donors (Lipinski definition) is 2. The molecule has 0 saturated carbocycles. The van der Waals surface area contributed by atoms with Gasteiger partial charge in [-0.25, -0.2) is 0 Å². The topological polar surface area (TPSA) is 86.8 Å². The van der Waals surface area contributed by atoms with E-state index in [0.717, 1.165) is 6.54 Å². The smallest absolute Gasteiger partial charge is 0.262 e. The lowest BCUT2D eigenvalue weighted by atomic mass is 9.81. The first-order chi connectivity index (χ1) is 13.9. The maximum absolute atomic E-state index is 8.77. The Bertz CT molecular complexity index is 973. The van der Waals surface area contributed by atoms with Crippen LogP contribution in [-0.2, 0) is 9.98 Å². The van der Waals surface area contributed by atoms with Gasteiger partial charge in [0.05, 0.1) is 5.41 Å². The Hall–Kier alpha value is -1.95. The zero-order chi connectivity index (χ0) is 22.5. The summed E-state index contributed by atoms with van der Waals surface area (Å²) in [5, 5.41) is 0. The fourth-order valence-electron chi connectivity index (χ4n) is 3.57. The molecule has 6 nitrogen and oxygen atoms in total. The molecule has 0 atom stereocenters. The SMILES string of the molecule is CN(CCCl)c1ccc(/C=C/C2=[N+](C)c3ccccc3C2(C)C)cc1.O=P([O-])(O)O. The van der Waals surface area contributed by atoms with Crippen LogP contribution in [0.4, 0.5) is 11.4 Å². The fourth-order valence-corrected chi connectivity index (χ4v) is 3.83. The number of benzene rings is 2. The number of alkyl halides is 1. The molecule has 2 N–H and O–H groups in total. The van der Waals surface area contributed by atoms with Crippen LogP contribution in [0.3, 0.4) is 0 Å². The monoisotopic (exact) mass is 450 g/mol. The van der Waals surface area contributed by atoms with Gasteiger partial charge in [-0.1, -0.05) is 30.3 Å². The van der Waals surface area contributed by atoms with Crippen molar-refractivity contribution < 1.29 is 23.8 Å². The quantitative estimate of drug-likeness (QED) is 0.413. The van der Waals surface area contributed by atoms with Crippen LogP contribution in [0.1, 0.15) is 25.0 Å². The molecule has 0 aromatic heterocycles. The first kappa shape index (κ1) is 24.3. The minimum absolute atomic E-state index is 0.0162. The third kappa shape index (κ3) is 6.27. The van der Waals surface area contributed by atoms with E-state index in [1.54, 1.807) is 0 Å². The van der Waals surface area contributed by atoms with Crippen molar-refractivity contribution in [2.24, 2.45) is 0 Å². The molecule has 0 bridgehead atoms. The van der Waals surface area contributed by atoms with Crippen molar-refractivity contribution >= 4 is 42.6 Å². The molecule has 8 heteroatoms. The second kappa shape index (κ2) is 9.90. The maximum atomic E-state index is 8.77. The minimum Gasteiger partial charge on any atom is -0.756 e. The van der Waals surface area contributed by atoms with Crippen LogP contribution in [-0.4, -0.2) is 46.6 Å². The van der Waals surface area contributed by atoms with Gasteiger partial charge in [-0.05, 0) is 37.6 Å². The highest BCUT2D eigenvalue weighted by Gasteiger charge is 2.42. The Balaban J connectivity index is 0.000000575. The van der Waals surface area contributed by atoms with Crippen molar-refractivity contribution in [3.8, 4) is 0 Å². The molecule has 2 aromatic rings. The summed E-state index contributed by atoms with van der Waals surface area (Å²) in [6, 6.07) is 17.3. The van der Waals surface area contributed by atoms with Gasteiger partial charge in [-0.3, -0.25) is 4.57 Å². The molecule has 30 heavy (non-hydrogen) atoms. The summed E-state index contributed by atoms with van der Waals surface area (Å²) in [5.41, 5.74) is 6.41. The Kier molecular flexibility index (Phi) is 8.03. The van der Waals surface area contributed by atoms with E-state index in [2.05, 4.69) is 98.1 Å². The lowest BCUT2D eigenvalue weighted by molar-refractivity contribution is -0.401. The average Bonchev–Trinajstić information content (AvgIpc) is 2.86. The zero-order valence-corrected chi connectivity index (χ0v) is 19.3. The van der Waals surface area contributed by atoms with Crippen molar-refractivity contribution in [1.29, 1.82) is 0 Å². The van der Waals surface area contributed by atoms with Crippen LogP contribution >= 0.6 is 19.4 Å². The number of phosphoric acid groups is 1. The van der Waals surface area contributed by atoms with Gasteiger partial charge in [0.15, 0.2) is 5.71 Å². The van der Waals surface area contributed by atoms with Crippen LogP contribution in [0, 0.1) is 0 Å². The predicted molar refractivity (Wildman–Crippen MR) is 122 cm³/mol. The summed E-state index contributed by atoms with van der Waals surface area (Å²) in [4.78, 5) is 25.1. The highest BCUT2D eigenvalue weighted by Crippen LogP contribution is 2.39. The lowest BCUT2D eigenvalue weighted by Gasteiger charge is -2.17. The third-order valence-corrected chi connectivity index (χ3v) is 5.30. The van der Waals surface area contributed by atoms with E-state index in [1.807, 2.05) is 0 Å². The molecular weight excluding hydrogens is 423 g/mol. The molecule has 3 rings (SSSR count). The highest BCUT2D eigenvalue weighted by atomic mass is 35.5. The van der Waals surface area contributed by atoms with E-state index >= 15 is 0 Å². The standard InChI is InChI=1S/C22H26ClN2.H3O4P/c1-22(2)19-7-5-6-8-20(19)25(4)21(22)14-11-17-9-12-18(13-10-17)24(3)16-15-23;1-5(2,3)4/h5-14H,15-16H2,1-4H3;(H3,1,2,3,4)/q+1;/p-1. The number of allylic oxidation sites excluding steroid dienone is 1. The summed E-state index contributed by atoms with van der Waals surface area (Å²) >= 11 is 5.82. The number of para-hydroxylation sites is 1. The predicted octanol–water partition coefficient (Wildman–Crippen LogP) is 3.52. The van der Waals surface area contributed by atoms with E-state index in [-0.39, 0.29) is 5.41 Å². The molecule has 2 aromatic carbocycles. The van der Waals surface area contributed by atoms with Crippen molar-refractivity contribution in [3.05, 3.63) is 65.7 Å². The van der Waals surface area contributed by atoms with Gasteiger partial charge in [-0.2, -0.15) is 4.58 Å². The molecule has 1 aliphatic heterocycles. The number of halogens is 1. The molecule has 0 amide bonds. The van der Waals surface area contributed by atoms with Gasteiger partial charge >= 0.3 is 0 Å². The van der Waals surface area contributed by atoms with Crippen molar-refractivity contribution in [3.63, 3.8) is 0 Å². The van der Waals surface area contributed by atoms with Gasteiger partial charge in [0.25, 0.3) is 7.82 Å². The maximum Gasteiger partial charge on any atom is 0.262 e. The highest BCUT2D eigenvalue weighted by molar-refractivity contribution is 7.43. The summed E-state index contributed by atoms with van der Waals surface area (Å²) in [7, 11) is -0.673. The van der Waals surface area contributed by atoms with E-state index in [1.165, 1.54) is 28.2 Å². The molecule has 0 unspecified atom stereocenters. The van der Waals surface area contributed by atoms with Gasteiger partial charge in [0.1, 0.15) is 7.05 Å². The van der Waals surface area contributed by atoms with Gasteiger partial charge in [0.2, 0.25) is 5.69 Å². The molecule has 1 aliphatic rings. The van der Waals surface area contributed by atoms with Crippen molar-refractivity contribution in [2.75, 3.05) is 31.4 Å². The normalized spacial score (nSPS) is 15.1. The summed E-state index contributed by atoms with van der Waals surface area (Å²) < 4.78 is 11.1. The number of rotatable bonds is 5. The molecule has 0 fully saturated rings. The number of fused-ring (bicyclic) bond motifs is 1. The van der Waals surface area contributed by atoms with Crippen LogP contribution in [0.25, 0.3) is 6.08 Å². The second-order valence-electron chi connectivity index (χ2n) is 7.61. The van der Waals surface area contributed by atoms with E-state index in [9.17, 15) is 0 Å². The third-order valence-electron chi connectivity index (χ3n) is 5.13. The van der Waals surface area contributed by atoms with E-state index in [0.29, 0.717) is 5.88 Å². The van der Waals surface area contributed by atoms with Crippen LogP contribution in [0.5, 0.6) is 0 Å². The van der Waals surface area contributed by atoms with Crippen LogP contribution < -0.4 is 9.79 Å². The molecule has 0 saturated heterocycles. The van der Waals surface area contributed by atoms with Gasteiger partial charge in [-0.15, -0.1) is 11.6 Å². The largest absolute Gasteiger partial charge is 0.756 e. The van der Waals surface area contributed by atoms with Gasteiger partial charge in [0, 0.05) is 42.9 Å². The molecule has 162 valence electrons. The molecular formula is C22H28ClN2O4P. The number of nitrogens with zero attached hydrogens (tertiary/aromatic N) is 2. The van der Waals surface area contributed by atoms with Crippen molar-refractivity contribution in [2.45, 2.75) is 19.3 Å².